The summed E-state index contributed by atoms with van der Waals surface area (Å²) in [5.74, 6) is 0. The molecule has 0 aliphatic heterocycles. The van der Waals surface area contributed by atoms with E-state index in [1.807, 2.05) is 0 Å². The zero-order valence-electron chi connectivity index (χ0n) is 10.4. The second kappa shape index (κ2) is 10.9. The highest BCUT2D eigenvalue weighted by Gasteiger charge is 2.29. The van der Waals surface area contributed by atoms with Crippen LogP contribution in [0.2, 0.25) is 0 Å². The molecule has 17 heavy (non-hydrogen) atoms. The van der Waals surface area contributed by atoms with Gasteiger partial charge in [0.25, 0.3) is 0 Å². The smallest absolute Gasteiger partial charge is 0.0698 e. The third-order valence-electron chi connectivity index (χ3n) is 2.64. The quantitative estimate of drug-likeness (QED) is 0.320. The minimum atomic E-state index is -0.214. The summed E-state index contributed by atoms with van der Waals surface area (Å²) in [7, 11) is 0. The van der Waals surface area contributed by atoms with Crippen molar-refractivity contribution in [3.05, 3.63) is 0 Å². The molecule has 104 valence electrons. The summed E-state index contributed by atoms with van der Waals surface area (Å²) in [4.78, 5) is 0. The van der Waals surface area contributed by atoms with Crippen LogP contribution in [0.1, 0.15) is 12.8 Å². The SMILES string of the molecule is NCCC(CCN)(COCCO)COCCO. The van der Waals surface area contributed by atoms with E-state index in [1.54, 1.807) is 0 Å². The Bertz CT molecular complexity index is 152. The van der Waals surface area contributed by atoms with E-state index in [-0.39, 0.29) is 18.6 Å². The summed E-state index contributed by atoms with van der Waals surface area (Å²) in [6.45, 7) is 2.60. The van der Waals surface area contributed by atoms with Gasteiger partial charge in [-0.1, -0.05) is 0 Å². The number of hydrogen-bond acceptors (Lipinski definition) is 6. The number of aliphatic hydroxyl groups is 2. The molecule has 0 spiro atoms. The summed E-state index contributed by atoms with van der Waals surface area (Å²) >= 11 is 0. The van der Waals surface area contributed by atoms with Gasteiger partial charge in [0.15, 0.2) is 0 Å². The number of hydrogen-bond donors (Lipinski definition) is 4. The van der Waals surface area contributed by atoms with Crippen LogP contribution in [-0.4, -0.2) is 62.9 Å². The fraction of sp³-hybridized carbons (Fsp3) is 1.00. The van der Waals surface area contributed by atoms with Crippen LogP contribution in [-0.2, 0) is 9.47 Å². The van der Waals surface area contributed by atoms with Crippen LogP contribution in [0.25, 0.3) is 0 Å². The van der Waals surface area contributed by atoms with E-state index in [1.165, 1.54) is 0 Å². The molecular weight excluding hydrogens is 224 g/mol. The molecule has 0 radical (unpaired) electrons. The van der Waals surface area contributed by atoms with Gasteiger partial charge in [0.1, 0.15) is 0 Å². The molecule has 0 unspecified atom stereocenters. The monoisotopic (exact) mass is 250 g/mol. The second-order valence-electron chi connectivity index (χ2n) is 4.13. The van der Waals surface area contributed by atoms with Gasteiger partial charge in [-0.2, -0.15) is 0 Å². The van der Waals surface area contributed by atoms with Crippen LogP contribution in [0.4, 0.5) is 0 Å². The van der Waals surface area contributed by atoms with Crippen molar-refractivity contribution < 1.29 is 19.7 Å². The normalized spacial score (nSPS) is 12.0. The van der Waals surface area contributed by atoms with Crippen molar-refractivity contribution >= 4 is 0 Å². The zero-order valence-corrected chi connectivity index (χ0v) is 10.4. The maximum atomic E-state index is 8.70. The standard InChI is InChI=1S/C11H26N2O4/c12-3-1-11(2-4-13,9-16-7-5-14)10-17-8-6-15/h14-15H,1-10,12-13H2. The summed E-state index contributed by atoms with van der Waals surface area (Å²) in [5, 5.41) is 17.4. The zero-order chi connectivity index (χ0) is 13.0. The Hall–Kier alpha value is -0.240. The molecule has 0 aromatic heterocycles. The first kappa shape index (κ1) is 16.8. The van der Waals surface area contributed by atoms with Gasteiger partial charge in [-0.05, 0) is 25.9 Å². The minimum absolute atomic E-state index is 0.00116. The first-order chi connectivity index (χ1) is 8.24. The number of aliphatic hydroxyl groups excluding tert-OH is 2. The maximum absolute atomic E-state index is 8.70. The van der Waals surface area contributed by atoms with Crippen LogP contribution < -0.4 is 11.5 Å². The molecule has 0 fully saturated rings. The van der Waals surface area contributed by atoms with Crippen LogP contribution in [0.3, 0.4) is 0 Å². The third-order valence-corrected chi connectivity index (χ3v) is 2.64. The Kier molecular flexibility index (Phi) is 10.7. The van der Waals surface area contributed by atoms with Gasteiger partial charge < -0.3 is 31.2 Å². The van der Waals surface area contributed by atoms with Gasteiger partial charge in [-0.3, -0.25) is 0 Å². The van der Waals surface area contributed by atoms with E-state index in [0.717, 1.165) is 12.8 Å². The Morgan fingerprint density at radius 1 is 0.824 bits per heavy atom. The van der Waals surface area contributed by atoms with Crippen LogP contribution in [0.5, 0.6) is 0 Å². The van der Waals surface area contributed by atoms with E-state index in [0.29, 0.717) is 39.5 Å². The molecule has 0 bridgehead atoms. The Morgan fingerprint density at radius 2 is 1.24 bits per heavy atom. The lowest BCUT2D eigenvalue weighted by Crippen LogP contribution is -2.37. The van der Waals surface area contributed by atoms with Crippen molar-refractivity contribution in [1.82, 2.24) is 0 Å². The molecule has 0 atom stereocenters. The molecule has 0 heterocycles. The van der Waals surface area contributed by atoms with Gasteiger partial charge in [0.2, 0.25) is 0 Å². The molecule has 0 aromatic rings. The second-order valence-corrected chi connectivity index (χ2v) is 4.13. The fourth-order valence-electron chi connectivity index (χ4n) is 1.77. The summed E-state index contributed by atoms with van der Waals surface area (Å²) < 4.78 is 10.8. The van der Waals surface area contributed by atoms with Crippen LogP contribution >= 0.6 is 0 Å². The van der Waals surface area contributed by atoms with Crippen molar-refractivity contribution in [2.45, 2.75) is 12.8 Å². The van der Waals surface area contributed by atoms with E-state index >= 15 is 0 Å². The molecule has 6 heteroatoms. The summed E-state index contributed by atoms with van der Waals surface area (Å²) in [5.41, 5.74) is 11.0. The van der Waals surface area contributed by atoms with Gasteiger partial charge in [-0.25, -0.2) is 0 Å². The van der Waals surface area contributed by atoms with E-state index in [2.05, 4.69) is 0 Å². The Labute approximate surface area is 103 Å². The molecule has 0 saturated carbocycles. The molecule has 0 aliphatic rings. The van der Waals surface area contributed by atoms with Crippen LogP contribution in [0, 0.1) is 5.41 Å². The molecule has 6 N–H and O–H groups in total. The fourth-order valence-corrected chi connectivity index (χ4v) is 1.77. The van der Waals surface area contributed by atoms with Crippen molar-refractivity contribution in [3.63, 3.8) is 0 Å². The third kappa shape index (κ3) is 7.64. The lowest BCUT2D eigenvalue weighted by Gasteiger charge is -2.32. The first-order valence-electron chi connectivity index (χ1n) is 6.02. The topological polar surface area (TPSA) is 111 Å². The highest BCUT2D eigenvalue weighted by Crippen LogP contribution is 2.26. The number of nitrogens with two attached hydrogens (primary N) is 2. The predicted molar refractivity (Wildman–Crippen MR) is 65.6 cm³/mol. The number of rotatable bonds is 12. The Balaban J connectivity index is 4.25. The molecule has 0 amide bonds. The van der Waals surface area contributed by atoms with Crippen molar-refractivity contribution in [3.8, 4) is 0 Å². The van der Waals surface area contributed by atoms with E-state index in [9.17, 15) is 0 Å². The Morgan fingerprint density at radius 3 is 1.53 bits per heavy atom. The van der Waals surface area contributed by atoms with Gasteiger partial charge in [-0.15, -0.1) is 0 Å². The van der Waals surface area contributed by atoms with Gasteiger partial charge in [0.05, 0.1) is 39.6 Å². The van der Waals surface area contributed by atoms with Crippen molar-refractivity contribution in [2.24, 2.45) is 16.9 Å². The highest BCUT2D eigenvalue weighted by molar-refractivity contribution is 4.80. The number of ether oxygens (including phenoxy) is 2. The molecular formula is C11H26N2O4. The van der Waals surface area contributed by atoms with Crippen molar-refractivity contribution in [1.29, 1.82) is 0 Å². The molecule has 0 aromatic carbocycles. The molecule has 0 aliphatic carbocycles. The largest absolute Gasteiger partial charge is 0.394 e. The van der Waals surface area contributed by atoms with E-state index < -0.39 is 0 Å². The molecule has 6 nitrogen and oxygen atoms in total. The molecule has 0 saturated heterocycles. The van der Waals surface area contributed by atoms with E-state index in [4.69, 9.17) is 31.2 Å². The highest BCUT2D eigenvalue weighted by atomic mass is 16.5. The van der Waals surface area contributed by atoms with Crippen molar-refractivity contribution in [2.75, 3.05) is 52.7 Å². The summed E-state index contributed by atoms with van der Waals surface area (Å²) in [6.07, 6.45) is 1.50. The van der Waals surface area contributed by atoms with Crippen LogP contribution in [0.15, 0.2) is 0 Å². The average Bonchev–Trinajstić information content (AvgIpc) is 2.30. The maximum Gasteiger partial charge on any atom is 0.0698 e. The average molecular weight is 250 g/mol. The lowest BCUT2D eigenvalue weighted by atomic mass is 9.82. The predicted octanol–water partition coefficient (Wildman–Crippen LogP) is -1.31. The van der Waals surface area contributed by atoms with Gasteiger partial charge >= 0.3 is 0 Å². The molecule has 0 rings (SSSR count). The lowest BCUT2D eigenvalue weighted by molar-refractivity contribution is -0.0418. The van der Waals surface area contributed by atoms with Gasteiger partial charge in [0, 0.05) is 5.41 Å². The first-order valence-corrected chi connectivity index (χ1v) is 6.02. The minimum Gasteiger partial charge on any atom is -0.394 e. The summed E-state index contributed by atoms with van der Waals surface area (Å²) in [6, 6.07) is 0.